The first-order chi connectivity index (χ1) is 13.1. The first-order valence-electron chi connectivity index (χ1n) is 9.28. The fourth-order valence-corrected chi connectivity index (χ4v) is 4.09. The maximum absolute atomic E-state index is 9.92. The van der Waals surface area contributed by atoms with E-state index >= 15 is 0 Å². The second-order valence-corrected chi connectivity index (χ2v) is 7.40. The second-order valence-electron chi connectivity index (χ2n) is 7.40. The van der Waals surface area contributed by atoms with Crippen molar-refractivity contribution in [2.24, 2.45) is 5.92 Å². The number of hydrogen-bond acceptors (Lipinski definition) is 4. The molecule has 140 valence electrons. The number of rotatable bonds is 5. The van der Waals surface area contributed by atoms with Crippen molar-refractivity contribution in [3.8, 4) is 17.2 Å². The molecule has 0 aromatic heterocycles. The number of aromatic hydroxyl groups is 1. The van der Waals surface area contributed by atoms with Crippen molar-refractivity contribution in [3.05, 3.63) is 71.8 Å². The molecule has 0 spiro atoms. The molecule has 1 heterocycles. The van der Waals surface area contributed by atoms with E-state index in [1.165, 1.54) is 5.56 Å². The highest BCUT2D eigenvalue weighted by Gasteiger charge is 2.38. The Kier molecular flexibility index (Phi) is 4.56. The third kappa shape index (κ3) is 3.27. The molecule has 2 aliphatic rings. The fourth-order valence-electron chi connectivity index (χ4n) is 4.09. The van der Waals surface area contributed by atoms with Crippen LogP contribution in [0, 0.1) is 5.92 Å². The number of anilines is 1. The van der Waals surface area contributed by atoms with Crippen LogP contribution in [0.25, 0.3) is 0 Å². The third-order valence-corrected chi connectivity index (χ3v) is 5.38. The summed E-state index contributed by atoms with van der Waals surface area (Å²) in [5.41, 5.74) is 4.53. The molecule has 0 bridgehead atoms. The van der Waals surface area contributed by atoms with E-state index in [1.807, 2.05) is 25.1 Å². The summed E-state index contributed by atoms with van der Waals surface area (Å²) in [6, 6.07) is 12.0. The third-order valence-electron chi connectivity index (χ3n) is 5.38. The van der Waals surface area contributed by atoms with E-state index in [9.17, 15) is 5.11 Å². The molecule has 4 heteroatoms. The Labute approximate surface area is 160 Å². The molecule has 0 radical (unpaired) electrons. The number of benzene rings is 2. The Morgan fingerprint density at radius 1 is 1.26 bits per heavy atom. The predicted molar refractivity (Wildman–Crippen MR) is 108 cm³/mol. The highest BCUT2D eigenvalue weighted by molar-refractivity contribution is 5.62. The number of ether oxygens (including phenoxy) is 2. The summed E-state index contributed by atoms with van der Waals surface area (Å²) < 4.78 is 11.1. The van der Waals surface area contributed by atoms with Crippen LogP contribution in [0.3, 0.4) is 0 Å². The first-order valence-corrected chi connectivity index (χ1v) is 9.28. The van der Waals surface area contributed by atoms with E-state index in [2.05, 4.69) is 36.2 Å². The summed E-state index contributed by atoms with van der Waals surface area (Å²) in [6.45, 7) is 6.40. The van der Waals surface area contributed by atoms with Crippen molar-refractivity contribution in [2.75, 3.05) is 19.0 Å². The number of phenols is 1. The standard InChI is InChI=1S/C23H25NO3/c1-14(2)13-27-16-8-9-20-19(12-16)17-5-4-6-18(17)23(24-20)15-7-10-21(25)22(11-15)26-3/h4-5,7-12,17-18,23-25H,1,6,13H2,2-3H3. The Morgan fingerprint density at radius 2 is 2.11 bits per heavy atom. The largest absolute Gasteiger partial charge is 0.504 e. The van der Waals surface area contributed by atoms with Crippen molar-refractivity contribution in [1.82, 2.24) is 0 Å². The first kappa shape index (κ1) is 17.5. The average Bonchev–Trinajstić information content (AvgIpc) is 3.16. The summed E-state index contributed by atoms with van der Waals surface area (Å²) >= 11 is 0. The molecule has 4 nitrogen and oxygen atoms in total. The quantitative estimate of drug-likeness (QED) is 0.719. The predicted octanol–water partition coefficient (Wildman–Crippen LogP) is 5.18. The Hall–Kier alpha value is -2.88. The van der Waals surface area contributed by atoms with Gasteiger partial charge in [0.25, 0.3) is 0 Å². The van der Waals surface area contributed by atoms with Gasteiger partial charge in [-0.1, -0.05) is 24.8 Å². The maximum atomic E-state index is 9.92. The minimum atomic E-state index is 0.161. The van der Waals surface area contributed by atoms with Crippen LogP contribution in [0.2, 0.25) is 0 Å². The van der Waals surface area contributed by atoms with Gasteiger partial charge in [0.05, 0.1) is 13.2 Å². The highest BCUT2D eigenvalue weighted by Crippen LogP contribution is 2.51. The zero-order valence-corrected chi connectivity index (χ0v) is 15.7. The van der Waals surface area contributed by atoms with E-state index < -0.39 is 0 Å². The molecule has 3 unspecified atom stereocenters. The molecular weight excluding hydrogens is 338 g/mol. The lowest BCUT2D eigenvalue weighted by molar-refractivity contribution is 0.350. The van der Waals surface area contributed by atoms with Gasteiger partial charge in [0.2, 0.25) is 0 Å². The zero-order chi connectivity index (χ0) is 19.0. The summed E-state index contributed by atoms with van der Waals surface area (Å²) in [7, 11) is 1.58. The van der Waals surface area contributed by atoms with Crippen LogP contribution < -0.4 is 14.8 Å². The fraction of sp³-hybridized carbons (Fsp3) is 0.304. The lowest BCUT2D eigenvalue weighted by Gasteiger charge is -2.37. The number of methoxy groups -OCH3 is 1. The zero-order valence-electron chi connectivity index (χ0n) is 15.7. The SMILES string of the molecule is C=C(C)COc1ccc2c(c1)C1C=CCC1C(c1ccc(O)c(OC)c1)N2. The van der Waals surface area contributed by atoms with E-state index in [0.717, 1.165) is 29.0 Å². The minimum Gasteiger partial charge on any atom is -0.504 e. The van der Waals surface area contributed by atoms with Gasteiger partial charge in [-0.2, -0.15) is 0 Å². The van der Waals surface area contributed by atoms with Crippen LogP contribution in [0.5, 0.6) is 17.2 Å². The molecule has 0 amide bonds. The summed E-state index contributed by atoms with van der Waals surface area (Å²) in [4.78, 5) is 0. The molecule has 4 rings (SSSR count). The Bertz CT molecular complexity index is 902. The van der Waals surface area contributed by atoms with Crippen molar-refractivity contribution in [2.45, 2.75) is 25.3 Å². The van der Waals surface area contributed by atoms with Gasteiger partial charge in [0.15, 0.2) is 11.5 Å². The van der Waals surface area contributed by atoms with Crippen LogP contribution >= 0.6 is 0 Å². The van der Waals surface area contributed by atoms with Crippen LogP contribution in [0.15, 0.2) is 60.7 Å². The van der Waals surface area contributed by atoms with Crippen LogP contribution in [-0.2, 0) is 0 Å². The lowest BCUT2D eigenvalue weighted by Crippen LogP contribution is -2.29. The van der Waals surface area contributed by atoms with Gasteiger partial charge < -0.3 is 19.9 Å². The van der Waals surface area contributed by atoms with Crippen molar-refractivity contribution < 1.29 is 14.6 Å². The van der Waals surface area contributed by atoms with E-state index in [4.69, 9.17) is 9.47 Å². The monoisotopic (exact) mass is 363 g/mol. The average molecular weight is 363 g/mol. The molecule has 2 aromatic rings. The molecule has 3 atom stereocenters. The number of fused-ring (bicyclic) bond motifs is 3. The summed E-state index contributed by atoms with van der Waals surface area (Å²) in [5.74, 6) is 2.31. The van der Waals surface area contributed by atoms with Crippen molar-refractivity contribution in [1.29, 1.82) is 0 Å². The normalized spacial score (nSPS) is 22.5. The molecular formula is C23H25NO3. The molecule has 0 saturated carbocycles. The molecule has 27 heavy (non-hydrogen) atoms. The van der Waals surface area contributed by atoms with Crippen LogP contribution in [0.4, 0.5) is 5.69 Å². The van der Waals surface area contributed by atoms with Gasteiger partial charge >= 0.3 is 0 Å². The summed E-state index contributed by atoms with van der Waals surface area (Å²) in [6.07, 6.45) is 5.58. The second kappa shape index (κ2) is 7.03. The molecule has 2 aromatic carbocycles. The van der Waals surface area contributed by atoms with Gasteiger partial charge in [-0.3, -0.25) is 0 Å². The summed E-state index contributed by atoms with van der Waals surface area (Å²) in [5, 5.41) is 13.6. The highest BCUT2D eigenvalue weighted by atomic mass is 16.5. The van der Waals surface area contributed by atoms with Crippen molar-refractivity contribution >= 4 is 5.69 Å². The van der Waals surface area contributed by atoms with E-state index in [-0.39, 0.29) is 11.8 Å². The maximum Gasteiger partial charge on any atom is 0.160 e. The molecule has 2 N–H and O–H groups in total. The van der Waals surface area contributed by atoms with Crippen LogP contribution in [-0.4, -0.2) is 18.8 Å². The number of nitrogens with one attached hydrogen (secondary N) is 1. The van der Waals surface area contributed by atoms with E-state index in [1.54, 1.807) is 13.2 Å². The number of allylic oxidation sites excluding steroid dienone is 2. The molecule has 1 aliphatic carbocycles. The van der Waals surface area contributed by atoms with Gasteiger partial charge in [-0.05, 0) is 66.3 Å². The lowest BCUT2D eigenvalue weighted by atomic mass is 9.77. The molecule has 0 fully saturated rings. The van der Waals surface area contributed by atoms with Crippen molar-refractivity contribution in [3.63, 3.8) is 0 Å². The Balaban J connectivity index is 1.67. The minimum absolute atomic E-state index is 0.161. The number of hydrogen-bond donors (Lipinski definition) is 2. The van der Waals surface area contributed by atoms with Gasteiger partial charge in [-0.25, -0.2) is 0 Å². The molecule has 1 aliphatic heterocycles. The number of phenolic OH excluding ortho intramolecular Hbond substituents is 1. The topological polar surface area (TPSA) is 50.7 Å². The van der Waals surface area contributed by atoms with Gasteiger partial charge in [0, 0.05) is 11.6 Å². The van der Waals surface area contributed by atoms with Crippen LogP contribution in [0.1, 0.15) is 36.4 Å². The van der Waals surface area contributed by atoms with Gasteiger partial charge in [0.1, 0.15) is 12.4 Å². The van der Waals surface area contributed by atoms with E-state index in [0.29, 0.717) is 24.2 Å². The smallest absolute Gasteiger partial charge is 0.160 e. The Morgan fingerprint density at radius 3 is 2.89 bits per heavy atom. The van der Waals surface area contributed by atoms with Gasteiger partial charge in [-0.15, -0.1) is 0 Å². The molecule has 0 saturated heterocycles.